The number of hydrogen-bond donors (Lipinski definition) is 1. The van der Waals surface area contributed by atoms with Gasteiger partial charge in [-0.05, 0) is 55.3 Å². The van der Waals surface area contributed by atoms with E-state index in [9.17, 15) is 9.18 Å². The lowest BCUT2D eigenvalue weighted by atomic mass is 10.1. The van der Waals surface area contributed by atoms with Crippen LogP contribution in [0.4, 0.5) is 10.1 Å². The zero-order chi connectivity index (χ0) is 15.2. The molecule has 0 unspecified atom stereocenters. The van der Waals surface area contributed by atoms with Crippen molar-refractivity contribution in [1.82, 2.24) is 0 Å². The molecule has 0 fully saturated rings. The van der Waals surface area contributed by atoms with Crippen molar-refractivity contribution in [3.63, 3.8) is 0 Å². The summed E-state index contributed by atoms with van der Waals surface area (Å²) in [6, 6.07) is 11.5. The molecule has 2 aromatic rings. The Balaban J connectivity index is 1.82. The molecule has 0 aromatic heterocycles. The first-order valence-electron chi connectivity index (χ1n) is 6.80. The van der Waals surface area contributed by atoms with E-state index in [-0.39, 0.29) is 24.8 Å². The monoisotopic (exact) mass is 287 g/mol. The van der Waals surface area contributed by atoms with Crippen LogP contribution in [0.3, 0.4) is 0 Å². The highest BCUT2D eigenvalue weighted by molar-refractivity contribution is 5.91. The molecule has 0 saturated carbocycles. The van der Waals surface area contributed by atoms with E-state index < -0.39 is 0 Å². The molecule has 1 amide bonds. The van der Waals surface area contributed by atoms with E-state index >= 15 is 0 Å². The van der Waals surface area contributed by atoms with Gasteiger partial charge in [-0.25, -0.2) is 4.39 Å². The molecule has 3 nitrogen and oxygen atoms in total. The van der Waals surface area contributed by atoms with E-state index in [4.69, 9.17) is 4.74 Å². The van der Waals surface area contributed by atoms with Gasteiger partial charge in [0.2, 0.25) is 5.91 Å². The smallest absolute Gasteiger partial charge is 0.227 e. The lowest BCUT2D eigenvalue weighted by Gasteiger charge is -2.11. The molecule has 0 bridgehead atoms. The lowest BCUT2D eigenvalue weighted by molar-refractivity contribution is -0.116. The van der Waals surface area contributed by atoms with E-state index in [0.29, 0.717) is 5.75 Å². The maximum absolute atomic E-state index is 12.7. The van der Waals surface area contributed by atoms with Gasteiger partial charge < -0.3 is 10.1 Å². The number of benzene rings is 2. The van der Waals surface area contributed by atoms with Crippen LogP contribution in [0.1, 0.15) is 17.5 Å². The van der Waals surface area contributed by atoms with Gasteiger partial charge in [-0.2, -0.15) is 0 Å². The van der Waals surface area contributed by atoms with Gasteiger partial charge >= 0.3 is 0 Å². The Bertz CT molecular complexity index is 623. The van der Waals surface area contributed by atoms with E-state index in [1.54, 1.807) is 0 Å². The fraction of sp³-hybridized carbons (Fsp3) is 0.235. The van der Waals surface area contributed by atoms with Crippen molar-refractivity contribution in [3.8, 4) is 5.75 Å². The number of rotatable bonds is 5. The minimum absolute atomic E-state index is 0.106. The minimum Gasteiger partial charge on any atom is -0.493 e. The third kappa shape index (κ3) is 4.31. The number of aryl methyl sites for hydroxylation is 1. The highest BCUT2D eigenvalue weighted by Crippen LogP contribution is 2.18. The highest BCUT2D eigenvalue weighted by Gasteiger charge is 2.06. The second kappa shape index (κ2) is 6.88. The van der Waals surface area contributed by atoms with Crippen LogP contribution in [0.25, 0.3) is 0 Å². The standard InChI is InChI=1S/C17H18FNO2/c1-12-4-3-5-16(13(12)2)19-17(20)10-11-21-15-8-6-14(18)7-9-15/h3-9H,10-11H2,1-2H3,(H,19,20). The van der Waals surface area contributed by atoms with Crippen LogP contribution in [-0.4, -0.2) is 12.5 Å². The van der Waals surface area contributed by atoms with Crippen LogP contribution in [-0.2, 0) is 4.79 Å². The summed E-state index contributed by atoms with van der Waals surface area (Å²) in [6.07, 6.45) is 0.241. The molecular formula is C17H18FNO2. The number of carbonyl (C=O) groups is 1. The van der Waals surface area contributed by atoms with Gasteiger partial charge in [0.25, 0.3) is 0 Å². The summed E-state index contributed by atoms with van der Waals surface area (Å²) in [5.74, 6) is 0.136. The summed E-state index contributed by atoms with van der Waals surface area (Å²) in [5, 5.41) is 2.87. The van der Waals surface area contributed by atoms with Gasteiger partial charge in [0.15, 0.2) is 0 Å². The van der Waals surface area contributed by atoms with Gasteiger partial charge in [-0.1, -0.05) is 12.1 Å². The first-order valence-corrected chi connectivity index (χ1v) is 6.80. The zero-order valence-corrected chi connectivity index (χ0v) is 12.2. The maximum Gasteiger partial charge on any atom is 0.227 e. The fourth-order valence-electron chi connectivity index (χ4n) is 1.89. The van der Waals surface area contributed by atoms with Gasteiger partial charge in [-0.3, -0.25) is 4.79 Å². The molecule has 0 aliphatic rings. The predicted octanol–water partition coefficient (Wildman–Crippen LogP) is 3.85. The first kappa shape index (κ1) is 15.0. The molecular weight excluding hydrogens is 269 g/mol. The van der Waals surface area contributed by atoms with Crippen LogP contribution in [0, 0.1) is 19.7 Å². The highest BCUT2D eigenvalue weighted by atomic mass is 19.1. The summed E-state index contributed by atoms with van der Waals surface area (Å²) in [6.45, 7) is 4.23. The third-order valence-corrected chi connectivity index (χ3v) is 3.29. The summed E-state index contributed by atoms with van der Waals surface area (Å²) < 4.78 is 18.1. The van der Waals surface area contributed by atoms with Crippen molar-refractivity contribution in [2.75, 3.05) is 11.9 Å². The lowest BCUT2D eigenvalue weighted by Crippen LogP contribution is -2.16. The number of halogens is 1. The van der Waals surface area contributed by atoms with E-state index in [1.165, 1.54) is 24.3 Å². The summed E-state index contributed by atoms with van der Waals surface area (Å²) in [5.41, 5.74) is 3.02. The van der Waals surface area contributed by atoms with Gasteiger partial charge in [0.1, 0.15) is 11.6 Å². The van der Waals surface area contributed by atoms with Crippen molar-refractivity contribution in [2.45, 2.75) is 20.3 Å². The summed E-state index contributed by atoms with van der Waals surface area (Å²) in [7, 11) is 0. The van der Waals surface area contributed by atoms with Crippen LogP contribution in [0.5, 0.6) is 5.75 Å². The number of amides is 1. The van der Waals surface area contributed by atoms with Crippen molar-refractivity contribution in [1.29, 1.82) is 0 Å². The van der Waals surface area contributed by atoms with E-state index in [2.05, 4.69) is 5.32 Å². The van der Waals surface area contributed by atoms with Crippen molar-refractivity contribution >= 4 is 11.6 Å². The third-order valence-electron chi connectivity index (χ3n) is 3.29. The molecule has 110 valence electrons. The van der Waals surface area contributed by atoms with Crippen LogP contribution >= 0.6 is 0 Å². The molecule has 21 heavy (non-hydrogen) atoms. The normalized spacial score (nSPS) is 10.2. The second-order valence-electron chi connectivity index (χ2n) is 4.85. The van der Waals surface area contributed by atoms with Crippen LogP contribution < -0.4 is 10.1 Å². The second-order valence-corrected chi connectivity index (χ2v) is 4.85. The van der Waals surface area contributed by atoms with Gasteiger partial charge in [-0.15, -0.1) is 0 Å². The molecule has 0 aliphatic carbocycles. The minimum atomic E-state index is -0.310. The van der Waals surface area contributed by atoms with E-state index in [1.807, 2.05) is 32.0 Å². The molecule has 0 saturated heterocycles. The Labute approximate surface area is 123 Å². The first-order chi connectivity index (χ1) is 10.1. The zero-order valence-electron chi connectivity index (χ0n) is 12.2. The molecule has 1 N–H and O–H groups in total. The Morgan fingerprint density at radius 2 is 1.86 bits per heavy atom. The topological polar surface area (TPSA) is 38.3 Å². The van der Waals surface area contributed by atoms with Crippen molar-refractivity contribution in [2.24, 2.45) is 0 Å². The average molecular weight is 287 g/mol. The molecule has 0 atom stereocenters. The van der Waals surface area contributed by atoms with E-state index in [0.717, 1.165) is 16.8 Å². The largest absolute Gasteiger partial charge is 0.493 e. The van der Waals surface area contributed by atoms with Crippen molar-refractivity contribution in [3.05, 3.63) is 59.4 Å². The summed E-state index contributed by atoms with van der Waals surface area (Å²) in [4.78, 5) is 11.9. The number of nitrogens with one attached hydrogen (secondary N) is 1. The molecule has 0 radical (unpaired) electrons. The predicted molar refractivity (Wildman–Crippen MR) is 81.1 cm³/mol. The average Bonchev–Trinajstić information content (AvgIpc) is 2.46. The molecule has 4 heteroatoms. The van der Waals surface area contributed by atoms with Gasteiger partial charge in [0, 0.05) is 5.69 Å². The molecule has 2 aromatic carbocycles. The number of hydrogen-bond acceptors (Lipinski definition) is 2. The summed E-state index contributed by atoms with van der Waals surface area (Å²) >= 11 is 0. The molecule has 0 aliphatic heterocycles. The van der Waals surface area contributed by atoms with Crippen LogP contribution in [0.15, 0.2) is 42.5 Å². The quantitative estimate of drug-likeness (QED) is 0.907. The molecule has 2 rings (SSSR count). The number of carbonyl (C=O) groups excluding carboxylic acids is 1. The van der Waals surface area contributed by atoms with Crippen molar-refractivity contribution < 1.29 is 13.9 Å². The van der Waals surface area contributed by atoms with Gasteiger partial charge in [0.05, 0.1) is 13.0 Å². The number of ether oxygens (including phenoxy) is 1. The Morgan fingerprint density at radius 3 is 2.57 bits per heavy atom. The fourth-order valence-corrected chi connectivity index (χ4v) is 1.89. The Kier molecular flexibility index (Phi) is 4.93. The molecule has 0 spiro atoms. The maximum atomic E-state index is 12.7. The molecule has 0 heterocycles. The van der Waals surface area contributed by atoms with Crippen LogP contribution in [0.2, 0.25) is 0 Å². The number of anilines is 1. The Morgan fingerprint density at radius 1 is 1.14 bits per heavy atom. The SMILES string of the molecule is Cc1cccc(NC(=O)CCOc2ccc(F)cc2)c1C. The Hall–Kier alpha value is -2.36.